The molecule has 1 atom stereocenters. The van der Waals surface area contributed by atoms with Crippen molar-refractivity contribution in [2.75, 3.05) is 20.3 Å². The van der Waals surface area contributed by atoms with Crippen LogP contribution in [0.1, 0.15) is 36.8 Å². The van der Waals surface area contributed by atoms with Crippen LogP contribution >= 0.6 is 0 Å². The molecule has 0 bridgehead atoms. The van der Waals surface area contributed by atoms with Crippen molar-refractivity contribution in [3.63, 3.8) is 0 Å². The average Bonchev–Trinajstić information content (AvgIpc) is 2.54. The van der Waals surface area contributed by atoms with Gasteiger partial charge in [-0.05, 0) is 36.9 Å². The number of benzene rings is 1. The van der Waals surface area contributed by atoms with Gasteiger partial charge in [0.1, 0.15) is 0 Å². The Kier molecular flexibility index (Phi) is 6.70. The van der Waals surface area contributed by atoms with Gasteiger partial charge in [0.25, 0.3) is 0 Å². The average molecular weight is 291 g/mol. The number of hydrogen-bond acceptors (Lipinski definition) is 4. The highest BCUT2D eigenvalue weighted by atomic mass is 16.5. The molecule has 1 saturated heterocycles. The van der Waals surface area contributed by atoms with Gasteiger partial charge in [0.2, 0.25) is 0 Å². The van der Waals surface area contributed by atoms with E-state index in [1.165, 1.54) is 26.4 Å². The summed E-state index contributed by atoms with van der Waals surface area (Å²) in [6.45, 7) is 2.44. The maximum atomic E-state index is 11.4. The summed E-state index contributed by atoms with van der Waals surface area (Å²) >= 11 is 0. The van der Waals surface area contributed by atoms with Gasteiger partial charge in [-0.15, -0.1) is 0 Å². The van der Waals surface area contributed by atoms with Crippen LogP contribution in [0.5, 0.6) is 0 Å². The zero-order valence-electron chi connectivity index (χ0n) is 12.8. The van der Waals surface area contributed by atoms with Crippen molar-refractivity contribution in [3.8, 4) is 0 Å². The first kappa shape index (κ1) is 16.0. The third-order valence-electron chi connectivity index (χ3n) is 3.96. The van der Waals surface area contributed by atoms with E-state index in [1.54, 1.807) is 0 Å². The highest BCUT2D eigenvalue weighted by Gasteiger charge is 2.12. The van der Waals surface area contributed by atoms with E-state index in [0.29, 0.717) is 19.1 Å². The minimum absolute atomic E-state index is 0.214. The molecule has 4 heteroatoms. The van der Waals surface area contributed by atoms with E-state index in [0.717, 1.165) is 30.7 Å². The second-order valence-corrected chi connectivity index (χ2v) is 5.51. The number of rotatable bonds is 7. The van der Waals surface area contributed by atoms with Crippen molar-refractivity contribution in [2.24, 2.45) is 0 Å². The van der Waals surface area contributed by atoms with Gasteiger partial charge in [0.15, 0.2) is 0 Å². The van der Waals surface area contributed by atoms with Gasteiger partial charge in [-0.1, -0.05) is 30.7 Å². The minimum Gasteiger partial charge on any atom is -0.469 e. The van der Waals surface area contributed by atoms with Crippen molar-refractivity contribution in [1.29, 1.82) is 0 Å². The molecule has 2 rings (SSSR count). The molecule has 116 valence electrons. The van der Waals surface area contributed by atoms with E-state index in [-0.39, 0.29) is 5.97 Å². The van der Waals surface area contributed by atoms with E-state index < -0.39 is 0 Å². The number of methoxy groups -OCH3 is 1. The number of hydrogen-bond donors (Lipinski definition) is 1. The second-order valence-electron chi connectivity index (χ2n) is 5.51. The lowest BCUT2D eigenvalue weighted by Crippen LogP contribution is -2.34. The van der Waals surface area contributed by atoms with Gasteiger partial charge in [-0.3, -0.25) is 4.79 Å². The molecular formula is C17H25NO3. The Balaban J connectivity index is 1.75. The number of esters is 1. The molecule has 1 aromatic rings. The first-order valence-corrected chi connectivity index (χ1v) is 7.74. The smallest absolute Gasteiger partial charge is 0.309 e. The number of carbonyl (C=O) groups excluding carboxylic acids is 1. The quantitative estimate of drug-likeness (QED) is 0.619. The number of carbonyl (C=O) groups is 1. The first-order valence-electron chi connectivity index (χ1n) is 7.74. The topological polar surface area (TPSA) is 47.6 Å². The van der Waals surface area contributed by atoms with Crippen LogP contribution in [0.3, 0.4) is 0 Å². The van der Waals surface area contributed by atoms with Crippen LogP contribution < -0.4 is 5.32 Å². The molecule has 0 aromatic heterocycles. The molecule has 0 amide bonds. The largest absolute Gasteiger partial charge is 0.469 e. The molecule has 0 aliphatic carbocycles. The molecule has 1 aliphatic rings. The van der Waals surface area contributed by atoms with Crippen LogP contribution in [0.4, 0.5) is 0 Å². The molecule has 4 nitrogen and oxygen atoms in total. The second kappa shape index (κ2) is 8.80. The summed E-state index contributed by atoms with van der Waals surface area (Å²) in [5, 5.41) is 3.52. The fourth-order valence-electron chi connectivity index (χ4n) is 2.68. The lowest BCUT2D eigenvalue weighted by atomic mass is 10.0. The van der Waals surface area contributed by atoms with Gasteiger partial charge < -0.3 is 14.8 Å². The fraction of sp³-hybridized carbons (Fsp3) is 0.588. The number of nitrogens with one attached hydrogen (secondary N) is 1. The van der Waals surface area contributed by atoms with E-state index >= 15 is 0 Å². The van der Waals surface area contributed by atoms with Crippen molar-refractivity contribution in [1.82, 2.24) is 5.32 Å². The van der Waals surface area contributed by atoms with Crippen LogP contribution in [-0.4, -0.2) is 32.3 Å². The molecule has 0 spiro atoms. The van der Waals surface area contributed by atoms with Crippen LogP contribution in [0.15, 0.2) is 24.3 Å². The first-order chi connectivity index (χ1) is 10.3. The fourth-order valence-corrected chi connectivity index (χ4v) is 2.68. The minimum atomic E-state index is -0.214. The van der Waals surface area contributed by atoms with Crippen molar-refractivity contribution < 1.29 is 14.3 Å². The summed E-state index contributed by atoms with van der Waals surface area (Å²) in [7, 11) is 1.42. The van der Waals surface area contributed by atoms with Gasteiger partial charge in [0, 0.05) is 12.6 Å². The van der Waals surface area contributed by atoms with Gasteiger partial charge in [-0.2, -0.15) is 0 Å². The molecular weight excluding hydrogens is 266 g/mol. The van der Waals surface area contributed by atoms with Crippen molar-refractivity contribution >= 4 is 5.97 Å². The van der Waals surface area contributed by atoms with E-state index in [4.69, 9.17) is 9.47 Å². The Morgan fingerprint density at radius 3 is 2.81 bits per heavy atom. The zero-order valence-corrected chi connectivity index (χ0v) is 12.8. The van der Waals surface area contributed by atoms with Gasteiger partial charge >= 0.3 is 5.97 Å². The summed E-state index contributed by atoms with van der Waals surface area (Å²) in [4.78, 5) is 11.4. The standard InChI is InChI=1S/C17H25NO3/c1-20-17(19)12-14-6-2-3-7-15(14)13-21-11-9-16-8-4-5-10-18-16/h2-3,6-7,16,18H,4-5,8-13H2,1H3. The molecule has 1 aliphatic heterocycles. The molecule has 1 fully saturated rings. The maximum absolute atomic E-state index is 11.4. The van der Waals surface area contributed by atoms with E-state index in [1.807, 2.05) is 24.3 Å². The van der Waals surface area contributed by atoms with Crippen molar-refractivity contribution in [3.05, 3.63) is 35.4 Å². The summed E-state index contributed by atoms with van der Waals surface area (Å²) in [6, 6.07) is 8.48. The Bertz CT molecular complexity index is 441. The normalized spacial score (nSPS) is 18.4. The van der Waals surface area contributed by atoms with Crippen LogP contribution in [0.2, 0.25) is 0 Å². The monoisotopic (exact) mass is 291 g/mol. The summed E-state index contributed by atoms with van der Waals surface area (Å²) in [6.07, 6.45) is 5.22. The summed E-state index contributed by atoms with van der Waals surface area (Å²) < 4.78 is 10.5. The Hall–Kier alpha value is -1.39. The summed E-state index contributed by atoms with van der Waals surface area (Å²) in [5.74, 6) is -0.214. The molecule has 1 aromatic carbocycles. The predicted octanol–water partition coefficient (Wildman–Crippen LogP) is 2.45. The Labute approximate surface area is 126 Å². The number of ether oxygens (including phenoxy) is 2. The highest BCUT2D eigenvalue weighted by Crippen LogP contribution is 2.13. The summed E-state index contributed by atoms with van der Waals surface area (Å²) in [5.41, 5.74) is 2.06. The lowest BCUT2D eigenvalue weighted by molar-refractivity contribution is -0.139. The Morgan fingerprint density at radius 1 is 1.29 bits per heavy atom. The SMILES string of the molecule is COC(=O)Cc1ccccc1COCCC1CCCCN1. The molecule has 21 heavy (non-hydrogen) atoms. The third-order valence-corrected chi connectivity index (χ3v) is 3.96. The zero-order chi connectivity index (χ0) is 14.9. The van der Waals surface area contributed by atoms with E-state index in [9.17, 15) is 4.79 Å². The molecule has 1 N–H and O–H groups in total. The maximum Gasteiger partial charge on any atom is 0.309 e. The number of piperidine rings is 1. The van der Waals surface area contributed by atoms with Crippen LogP contribution in [0.25, 0.3) is 0 Å². The van der Waals surface area contributed by atoms with Crippen LogP contribution in [-0.2, 0) is 27.3 Å². The van der Waals surface area contributed by atoms with Gasteiger partial charge in [0.05, 0.1) is 20.1 Å². The van der Waals surface area contributed by atoms with Crippen LogP contribution in [0, 0.1) is 0 Å². The molecule has 0 saturated carbocycles. The molecule has 0 radical (unpaired) electrons. The van der Waals surface area contributed by atoms with Crippen molar-refractivity contribution in [2.45, 2.75) is 44.8 Å². The highest BCUT2D eigenvalue weighted by molar-refractivity contribution is 5.72. The Morgan fingerprint density at radius 2 is 2.10 bits per heavy atom. The molecule has 1 heterocycles. The third kappa shape index (κ3) is 5.48. The van der Waals surface area contributed by atoms with E-state index in [2.05, 4.69) is 5.32 Å². The van der Waals surface area contributed by atoms with Gasteiger partial charge in [-0.25, -0.2) is 0 Å². The lowest BCUT2D eigenvalue weighted by Gasteiger charge is -2.23. The predicted molar refractivity (Wildman–Crippen MR) is 82.1 cm³/mol. The molecule has 1 unspecified atom stereocenters.